The van der Waals surface area contributed by atoms with Gasteiger partial charge in [0.05, 0.1) is 16.9 Å². The van der Waals surface area contributed by atoms with Gasteiger partial charge >= 0.3 is 5.97 Å². The predicted molar refractivity (Wildman–Crippen MR) is 118 cm³/mol. The van der Waals surface area contributed by atoms with Gasteiger partial charge in [0.1, 0.15) is 29.3 Å². The zero-order valence-corrected chi connectivity index (χ0v) is 16.9. The summed E-state index contributed by atoms with van der Waals surface area (Å²) in [6.07, 6.45) is 0. The van der Waals surface area contributed by atoms with E-state index >= 15 is 0 Å². The second kappa shape index (κ2) is 8.44. The summed E-state index contributed by atoms with van der Waals surface area (Å²) in [6, 6.07) is 18.3. The van der Waals surface area contributed by atoms with Gasteiger partial charge in [0.15, 0.2) is 0 Å². The van der Waals surface area contributed by atoms with Crippen LogP contribution in [0.3, 0.4) is 0 Å². The summed E-state index contributed by atoms with van der Waals surface area (Å²) < 4.78 is 27.5. The van der Waals surface area contributed by atoms with Gasteiger partial charge in [0.2, 0.25) is 0 Å². The first-order valence-electron chi connectivity index (χ1n) is 9.76. The molecule has 0 aliphatic carbocycles. The van der Waals surface area contributed by atoms with E-state index in [1.807, 2.05) is 0 Å². The molecule has 4 rings (SSSR count). The number of aromatic nitrogens is 1. The molecule has 2 N–H and O–H groups in total. The molecule has 0 spiro atoms. The number of hydrogen-bond donors (Lipinski definition) is 2. The predicted octanol–water partition coefficient (Wildman–Crippen LogP) is 5.60. The van der Waals surface area contributed by atoms with Crippen molar-refractivity contribution in [3.05, 3.63) is 83.9 Å². The minimum Gasteiger partial charge on any atom is -0.480 e. The van der Waals surface area contributed by atoms with Crippen LogP contribution in [0.1, 0.15) is 12.5 Å². The van der Waals surface area contributed by atoms with Crippen LogP contribution in [0.15, 0.2) is 66.7 Å². The highest BCUT2D eigenvalue weighted by atomic mass is 19.1. The number of benzene rings is 3. The molecule has 0 aliphatic heterocycles. The maximum Gasteiger partial charge on any atom is 0.325 e. The topological polar surface area (TPSA) is 86.0 Å². The van der Waals surface area contributed by atoms with Crippen molar-refractivity contribution in [2.75, 3.05) is 5.32 Å². The minimum atomic E-state index is -1.11. The molecule has 0 radical (unpaired) electrons. The highest BCUT2D eigenvalue weighted by Crippen LogP contribution is 2.35. The molecule has 0 saturated carbocycles. The lowest BCUT2D eigenvalue weighted by molar-refractivity contribution is -0.137. The molecule has 0 bridgehead atoms. The number of carboxylic acid groups (broad SMARTS) is 1. The number of rotatable bonds is 5. The van der Waals surface area contributed by atoms with E-state index in [1.165, 1.54) is 37.3 Å². The molecule has 1 aromatic heterocycles. The Morgan fingerprint density at radius 3 is 2.34 bits per heavy atom. The van der Waals surface area contributed by atoms with Crippen molar-refractivity contribution in [3.63, 3.8) is 0 Å². The average molecular weight is 429 g/mol. The van der Waals surface area contributed by atoms with Gasteiger partial charge in [-0.3, -0.25) is 4.79 Å². The van der Waals surface area contributed by atoms with E-state index < -0.39 is 17.8 Å². The van der Waals surface area contributed by atoms with E-state index in [0.29, 0.717) is 27.7 Å². The molecule has 4 aromatic rings. The molecule has 1 atom stereocenters. The zero-order valence-electron chi connectivity index (χ0n) is 16.9. The normalized spacial score (nSPS) is 11.7. The van der Waals surface area contributed by atoms with Crippen molar-refractivity contribution < 1.29 is 18.7 Å². The summed E-state index contributed by atoms with van der Waals surface area (Å²) in [4.78, 5) is 15.9. The van der Waals surface area contributed by atoms with Crippen molar-refractivity contribution in [2.45, 2.75) is 13.0 Å². The van der Waals surface area contributed by atoms with Gasteiger partial charge in [-0.25, -0.2) is 13.8 Å². The Hall–Kier alpha value is -4.31. The van der Waals surface area contributed by atoms with Crippen LogP contribution >= 0.6 is 0 Å². The lowest BCUT2D eigenvalue weighted by Crippen LogP contribution is -2.26. The van der Waals surface area contributed by atoms with Crippen molar-refractivity contribution in [3.8, 4) is 28.5 Å². The van der Waals surface area contributed by atoms with Gasteiger partial charge in [-0.1, -0.05) is 36.4 Å². The quantitative estimate of drug-likeness (QED) is 0.431. The van der Waals surface area contributed by atoms with Crippen LogP contribution in [0.5, 0.6) is 0 Å². The van der Waals surface area contributed by atoms with Crippen molar-refractivity contribution in [2.24, 2.45) is 0 Å². The number of fused-ring (bicyclic) bond motifs is 1. The van der Waals surface area contributed by atoms with Gasteiger partial charge in [-0.05, 0) is 48.4 Å². The molecule has 7 heteroatoms. The van der Waals surface area contributed by atoms with Crippen molar-refractivity contribution in [1.29, 1.82) is 5.26 Å². The van der Waals surface area contributed by atoms with Crippen LogP contribution in [0.2, 0.25) is 0 Å². The number of anilines is 1. The summed E-state index contributed by atoms with van der Waals surface area (Å²) >= 11 is 0. The lowest BCUT2D eigenvalue weighted by atomic mass is 9.98. The molecule has 158 valence electrons. The maximum atomic E-state index is 13.9. The van der Waals surface area contributed by atoms with E-state index in [1.54, 1.807) is 36.4 Å². The van der Waals surface area contributed by atoms with Crippen LogP contribution < -0.4 is 5.32 Å². The third kappa shape index (κ3) is 3.98. The third-order valence-electron chi connectivity index (χ3n) is 5.11. The first-order valence-corrected chi connectivity index (χ1v) is 9.76. The number of aliphatic carboxylic acids is 1. The molecule has 1 unspecified atom stereocenters. The minimum absolute atomic E-state index is 0.106. The number of pyridine rings is 1. The summed E-state index contributed by atoms with van der Waals surface area (Å²) in [7, 11) is 0. The number of carbonyl (C=O) groups is 1. The molecule has 0 aliphatic rings. The van der Waals surface area contributed by atoms with Crippen molar-refractivity contribution >= 4 is 22.6 Å². The number of hydrogen-bond acceptors (Lipinski definition) is 4. The van der Waals surface area contributed by atoms with Crippen LogP contribution in [0.25, 0.3) is 33.3 Å². The fourth-order valence-electron chi connectivity index (χ4n) is 3.47. The first kappa shape index (κ1) is 20.9. The maximum absolute atomic E-state index is 13.9. The van der Waals surface area contributed by atoms with Gasteiger partial charge in [-0.2, -0.15) is 5.26 Å². The Labute approximate surface area is 182 Å². The summed E-state index contributed by atoms with van der Waals surface area (Å²) in [5.74, 6) is -1.98. The summed E-state index contributed by atoms with van der Waals surface area (Å²) in [6.45, 7) is 1.43. The molecule has 1 heterocycles. The van der Waals surface area contributed by atoms with Gasteiger partial charge in [0, 0.05) is 10.9 Å². The second-order valence-corrected chi connectivity index (χ2v) is 7.28. The highest BCUT2D eigenvalue weighted by molar-refractivity contribution is 5.99. The average Bonchev–Trinajstić information content (AvgIpc) is 2.79. The number of halogens is 2. The SMILES string of the molecule is CC(Nc1c(C#N)c(-c2ccc(-c3cccc(F)c3)cc2)nc2ccc(F)cc12)C(=O)O. The van der Waals surface area contributed by atoms with E-state index in [0.717, 1.165) is 5.56 Å². The van der Waals surface area contributed by atoms with Gasteiger partial charge < -0.3 is 10.4 Å². The molecule has 5 nitrogen and oxygen atoms in total. The van der Waals surface area contributed by atoms with E-state index in [9.17, 15) is 23.9 Å². The number of nitrogens with one attached hydrogen (secondary N) is 1. The Kier molecular flexibility index (Phi) is 5.52. The van der Waals surface area contributed by atoms with E-state index in [2.05, 4.69) is 16.4 Å². The Morgan fingerprint density at radius 1 is 1.00 bits per heavy atom. The molecule has 0 saturated heterocycles. The molecule has 32 heavy (non-hydrogen) atoms. The van der Waals surface area contributed by atoms with Crippen LogP contribution in [0, 0.1) is 23.0 Å². The Balaban J connectivity index is 1.88. The highest BCUT2D eigenvalue weighted by Gasteiger charge is 2.20. The number of carboxylic acids is 1. The van der Waals surface area contributed by atoms with Crippen LogP contribution in [-0.4, -0.2) is 22.1 Å². The molecule has 0 amide bonds. The standard InChI is InChI=1S/C25H17F2N3O2/c1-14(25(31)32)29-24-20-12-19(27)9-10-22(20)30-23(21(24)13-28)16-7-5-15(6-8-16)17-3-2-4-18(26)11-17/h2-12,14H,1H3,(H,29,30)(H,31,32). The fraction of sp³-hybridized carbons (Fsp3) is 0.0800. The molecule has 3 aromatic carbocycles. The number of nitrogens with zero attached hydrogens (tertiary/aromatic N) is 2. The monoisotopic (exact) mass is 429 g/mol. The molecule has 0 fully saturated rings. The first-order chi connectivity index (χ1) is 15.4. The fourth-order valence-corrected chi connectivity index (χ4v) is 3.47. The summed E-state index contributed by atoms with van der Waals surface area (Å²) in [5, 5.41) is 22.3. The van der Waals surface area contributed by atoms with E-state index in [-0.39, 0.29) is 17.1 Å². The van der Waals surface area contributed by atoms with Crippen molar-refractivity contribution in [1.82, 2.24) is 4.98 Å². The van der Waals surface area contributed by atoms with E-state index in [4.69, 9.17) is 0 Å². The summed E-state index contributed by atoms with van der Waals surface area (Å²) in [5.41, 5.74) is 3.15. The lowest BCUT2D eigenvalue weighted by Gasteiger charge is -2.17. The third-order valence-corrected chi connectivity index (χ3v) is 5.11. The second-order valence-electron chi connectivity index (χ2n) is 7.28. The zero-order chi connectivity index (χ0) is 22.8. The van der Waals surface area contributed by atoms with Crippen LogP contribution in [-0.2, 0) is 4.79 Å². The smallest absolute Gasteiger partial charge is 0.325 e. The Bertz CT molecular complexity index is 1380. The van der Waals surface area contributed by atoms with Gasteiger partial charge in [0.25, 0.3) is 0 Å². The van der Waals surface area contributed by atoms with Gasteiger partial charge in [-0.15, -0.1) is 0 Å². The molecular weight excluding hydrogens is 412 g/mol. The van der Waals surface area contributed by atoms with Crippen LogP contribution in [0.4, 0.5) is 14.5 Å². The number of nitriles is 1. The molecular formula is C25H17F2N3O2. The Morgan fingerprint density at radius 2 is 1.69 bits per heavy atom. The largest absolute Gasteiger partial charge is 0.480 e.